The molecule has 25 heavy (non-hydrogen) atoms. The van der Waals surface area contributed by atoms with E-state index < -0.39 is 12.0 Å². The van der Waals surface area contributed by atoms with Crippen LogP contribution in [0.5, 0.6) is 11.5 Å². The maximum Gasteiger partial charge on any atom is 0.284 e. The predicted octanol–water partition coefficient (Wildman–Crippen LogP) is 4.31. The van der Waals surface area contributed by atoms with Crippen LogP contribution < -0.4 is 14.8 Å². The number of hydrogen-bond donors (Lipinski definition) is 1. The van der Waals surface area contributed by atoms with Gasteiger partial charge in [-0.15, -0.1) is 6.58 Å². The van der Waals surface area contributed by atoms with Crippen LogP contribution in [0.4, 0.5) is 8.78 Å². The molecule has 1 aromatic carbocycles. The Morgan fingerprint density at radius 2 is 2.16 bits per heavy atom. The smallest absolute Gasteiger partial charge is 0.284 e. The van der Waals surface area contributed by atoms with Gasteiger partial charge in [-0.25, -0.2) is 8.78 Å². The van der Waals surface area contributed by atoms with E-state index in [-0.39, 0.29) is 24.3 Å². The van der Waals surface area contributed by atoms with E-state index in [1.165, 1.54) is 0 Å². The van der Waals surface area contributed by atoms with E-state index in [2.05, 4.69) is 11.9 Å². The first-order chi connectivity index (χ1) is 12.1. The van der Waals surface area contributed by atoms with Crippen molar-refractivity contribution in [1.82, 2.24) is 5.32 Å². The Kier molecular flexibility index (Phi) is 5.05. The molecule has 0 radical (unpaired) electrons. The van der Waals surface area contributed by atoms with Crippen molar-refractivity contribution in [3.05, 3.63) is 35.9 Å². The number of rotatable bonds is 4. The lowest BCUT2D eigenvalue weighted by Gasteiger charge is -2.44. The van der Waals surface area contributed by atoms with Crippen molar-refractivity contribution in [2.24, 2.45) is 5.92 Å². The monoisotopic (exact) mass is 351 g/mol. The summed E-state index contributed by atoms with van der Waals surface area (Å²) in [6, 6.07) is 4.01. The van der Waals surface area contributed by atoms with Gasteiger partial charge in [0.1, 0.15) is 0 Å². The minimum absolute atomic E-state index is 0.114. The molecule has 1 aliphatic heterocycles. The van der Waals surface area contributed by atoms with Crippen LogP contribution >= 0.6 is 0 Å². The molecule has 1 aromatic rings. The molecular formula is C20H27F2NO2. The summed E-state index contributed by atoms with van der Waals surface area (Å²) in [6.07, 6.45) is 1.98. The lowest BCUT2D eigenvalue weighted by Crippen LogP contribution is -2.53. The van der Waals surface area contributed by atoms with Crippen molar-refractivity contribution >= 4 is 0 Å². The zero-order chi connectivity index (χ0) is 18.2. The van der Waals surface area contributed by atoms with Crippen LogP contribution in [0.3, 0.4) is 0 Å². The first-order valence-electron chi connectivity index (χ1n) is 9.15. The predicted molar refractivity (Wildman–Crippen MR) is 94.9 cm³/mol. The lowest BCUT2D eigenvalue weighted by atomic mass is 9.64. The number of methoxy groups -OCH3 is 1. The topological polar surface area (TPSA) is 30.5 Å². The summed E-state index contributed by atoms with van der Waals surface area (Å²) < 4.78 is 40.0. The number of ether oxygens (including phenoxy) is 2. The Balaban J connectivity index is 0.000000880. The van der Waals surface area contributed by atoms with Crippen LogP contribution in [0.1, 0.15) is 43.7 Å². The fraction of sp³-hybridized carbons (Fsp3) is 0.600. The number of alkyl halides is 2. The Hall–Kier alpha value is -1.62. The molecule has 3 nitrogen and oxygen atoms in total. The molecule has 4 atom stereocenters. The first-order valence-corrected chi connectivity index (χ1v) is 9.15. The van der Waals surface area contributed by atoms with E-state index >= 15 is 0 Å². The van der Waals surface area contributed by atoms with E-state index in [1.54, 1.807) is 7.11 Å². The van der Waals surface area contributed by atoms with E-state index in [0.29, 0.717) is 24.5 Å². The summed E-state index contributed by atoms with van der Waals surface area (Å²) in [5.41, 5.74) is 2.05. The molecular weight excluding hydrogens is 324 g/mol. The molecule has 0 bridgehead atoms. The zero-order valence-corrected chi connectivity index (χ0v) is 15.1. The Morgan fingerprint density at radius 1 is 1.40 bits per heavy atom. The summed E-state index contributed by atoms with van der Waals surface area (Å²) in [7, 11) is 1.55. The highest BCUT2D eigenvalue weighted by molar-refractivity contribution is 5.58. The Bertz CT molecular complexity index is 647. The summed E-state index contributed by atoms with van der Waals surface area (Å²) >= 11 is 0. The normalized spacial score (nSPS) is 30.4. The maximum absolute atomic E-state index is 14.5. The molecule has 2 aliphatic carbocycles. The minimum Gasteiger partial charge on any atom is -0.493 e. The standard InChI is InChI=1S/C18H21F2NO2.C2H6/c1-3-8-21-12-9-10-4-5-13(22-2)16-14(10)15-11(12)6-7-18(19,20)17(15)23-16;1-2/h3-5,11-12,15,17,21H,1,6-9H2,2H3;1-2H3/t11?,12-,15?,17-;/m0./s1. The highest BCUT2D eigenvalue weighted by Gasteiger charge is 2.60. The minimum atomic E-state index is -2.79. The largest absolute Gasteiger partial charge is 0.493 e. The summed E-state index contributed by atoms with van der Waals surface area (Å²) in [5, 5.41) is 3.46. The molecule has 5 heteroatoms. The molecule has 0 spiro atoms. The van der Waals surface area contributed by atoms with Gasteiger partial charge in [0.2, 0.25) is 0 Å². The third-order valence-electron chi connectivity index (χ3n) is 5.54. The quantitative estimate of drug-likeness (QED) is 0.820. The van der Waals surface area contributed by atoms with Gasteiger partial charge in [0, 0.05) is 30.5 Å². The molecule has 1 fully saturated rings. The van der Waals surface area contributed by atoms with Crippen molar-refractivity contribution in [3.63, 3.8) is 0 Å². The first kappa shape index (κ1) is 18.2. The molecule has 2 unspecified atom stereocenters. The van der Waals surface area contributed by atoms with Crippen LogP contribution in [0.15, 0.2) is 24.8 Å². The summed E-state index contributed by atoms with van der Waals surface area (Å²) in [6.45, 7) is 8.43. The second-order valence-corrected chi connectivity index (χ2v) is 6.71. The highest BCUT2D eigenvalue weighted by atomic mass is 19.3. The molecule has 1 heterocycles. The molecule has 1 N–H and O–H groups in total. The third-order valence-corrected chi connectivity index (χ3v) is 5.54. The van der Waals surface area contributed by atoms with Crippen LogP contribution in [-0.2, 0) is 6.42 Å². The fourth-order valence-corrected chi connectivity index (χ4v) is 4.56. The van der Waals surface area contributed by atoms with Gasteiger partial charge in [0.15, 0.2) is 17.6 Å². The molecule has 4 rings (SSSR count). The van der Waals surface area contributed by atoms with Crippen LogP contribution in [0, 0.1) is 5.92 Å². The number of halogens is 2. The van der Waals surface area contributed by atoms with Crippen LogP contribution in [0.25, 0.3) is 0 Å². The Labute approximate surface area is 148 Å². The SMILES string of the molecule is C=CCN[C@H]1Cc2ccc(OC)c3c2C2C1CCC(F)(F)[C@H]2O3.CC. The number of benzene rings is 1. The van der Waals surface area contributed by atoms with Gasteiger partial charge >= 0.3 is 0 Å². The van der Waals surface area contributed by atoms with E-state index in [9.17, 15) is 8.78 Å². The van der Waals surface area contributed by atoms with Gasteiger partial charge in [0.25, 0.3) is 5.92 Å². The van der Waals surface area contributed by atoms with Crippen LogP contribution in [0.2, 0.25) is 0 Å². The summed E-state index contributed by atoms with van der Waals surface area (Å²) in [5.74, 6) is -1.78. The van der Waals surface area contributed by atoms with Gasteiger partial charge in [-0.1, -0.05) is 26.0 Å². The lowest BCUT2D eigenvalue weighted by molar-refractivity contribution is -0.134. The van der Waals surface area contributed by atoms with E-state index in [4.69, 9.17) is 9.47 Å². The van der Waals surface area contributed by atoms with Crippen molar-refractivity contribution in [3.8, 4) is 11.5 Å². The molecule has 3 aliphatic rings. The summed E-state index contributed by atoms with van der Waals surface area (Å²) in [4.78, 5) is 0. The molecule has 1 saturated carbocycles. The van der Waals surface area contributed by atoms with Gasteiger partial charge in [0.05, 0.1) is 7.11 Å². The van der Waals surface area contributed by atoms with Crippen molar-refractivity contribution < 1.29 is 18.3 Å². The van der Waals surface area contributed by atoms with Gasteiger partial charge < -0.3 is 14.8 Å². The van der Waals surface area contributed by atoms with Crippen molar-refractivity contribution in [1.29, 1.82) is 0 Å². The van der Waals surface area contributed by atoms with Gasteiger partial charge in [-0.2, -0.15) is 0 Å². The third kappa shape index (κ3) is 2.82. The second kappa shape index (κ2) is 6.94. The maximum atomic E-state index is 14.5. The van der Waals surface area contributed by atoms with Crippen LogP contribution in [-0.4, -0.2) is 31.7 Å². The fourth-order valence-electron chi connectivity index (χ4n) is 4.56. The average Bonchev–Trinajstić information content (AvgIpc) is 3.04. The molecule has 0 saturated heterocycles. The highest BCUT2D eigenvalue weighted by Crippen LogP contribution is 2.59. The average molecular weight is 351 g/mol. The van der Waals surface area contributed by atoms with Crippen molar-refractivity contribution in [2.45, 2.75) is 57.1 Å². The zero-order valence-electron chi connectivity index (χ0n) is 15.1. The molecule has 0 amide bonds. The second-order valence-electron chi connectivity index (χ2n) is 6.71. The number of hydrogen-bond acceptors (Lipinski definition) is 3. The van der Waals surface area contributed by atoms with E-state index in [1.807, 2.05) is 32.1 Å². The number of nitrogens with one attached hydrogen (secondary N) is 1. The van der Waals surface area contributed by atoms with Gasteiger partial charge in [-0.05, 0) is 30.4 Å². The Morgan fingerprint density at radius 3 is 2.84 bits per heavy atom. The van der Waals surface area contributed by atoms with E-state index in [0.717, 1.165) is 17.5 Å². The molecule has 0 aromatic heterocycles. The van der Waals surface area contributed by atoms with Gasteiger partial charge in [-0.3, -0.25) is 0 Å². The van der Waals surface area contributed by atoms with Crippen molar-refractivity contribution in [2.75, 3.05) is 13.7 Å². The molecule has 138 valence electrons.